The van der Waals surface area contributed by atoms with Crippen LogP contribution in [-0.2, 0) is 6.54 Å². The molecule has 3 rings (SSSR count). The summed E-state index contributed by atoms with van der Waals surface area (Å²) in [7, 11) is 0. The zero-order valence-corrected chi connectivity index (χ0v) is 14.1. The van der Waals surface area contributed by atoms with Crippen molar-refractivity contribution in [3.63, 3.8) is 0 Å². The smallest absolute Gasteiger partial charge is 0.319 e. The minimum Gasteiger partial charge on any atom is -0.333 e. The van der Waals surface area contributed by atoms with Crippen LogP contribution in [0.3, 0.4) is 0 Å². The average molecular weight is 350 g/mol. The van der Waals surface area contributed by atoms with Gasteiger partial charge in [0.05, 0.1) is 23.3 Å². The average Bonchev–Trinajstić information content (AvgIpc) is 3.16. The first-order valence-electron chi connectivity index (χ1n) is 6.87. The molecule has 0 atom stereocenters. The van der Waals surface area contributed by atoms with Gasteiger partial charge in [-0.25, -0.2) is 9.78 Å². The second kappa shape index (κ2) is 6.42. The summed E-state index contributed by atoms with van der Waals surface area (Å²) in [6.07, 6.45) is 2.98. The maximum atomic E-state index is 12.2. The van der Waals surface area contributed by atoms with E-state index in [0.717, 1.165) is 10.6 Å². The topological polar surface area (TPSA) is 101 Å². The van der Waals surface area contributed by atoms with E-state index >= 15 is 0 Å². The molecule has 3 aromatic rings. The molecular weight excluding hydrogens is 336 g/mol. The highest BCUT2D eigenvalue weighted by atomic mass is 32.1. The summed E-state index contributed by atoms with van der Waals surface area (Å²) in [5, 5.41) is 11.0. The molecule has 0 spiro atoms. The minimum absolute atomic E-state index is 0.130. The number of amides is 2. The van der Waals surface area contributed by atoms with E-state index in [1.54, 1.807) is 11.6 Å². The molecule has 3 aromatic heterocycles. The Kier molecular flexibility index (Phi) is 4.35. The van der Waals surface area contributed by atoms with Crippen LogP contribution in [0.25, 0.3) is 4.96 Å². The first-order valence-corrected chi connectivity index (χ1v) is 8.52. The van der Waals surface area contributed by atoms with Crippen LogP contribution in [0.2, 0.25) is 0 Å². The van der Waals surface area contributed by atoms with Crippen molar-refractivity contribution in [2.24, 2.45) is 0 Å². The fraction of sp³-hybridized carbons (Fsp3) is 0.308. The molecule has 3 heterocycles. The molecule has 23 heavy (non-hydrogen) atoms. The van der Waals surface area contributed by atoms with E-state index in [9.17, 15) is 9.59 Å². The number of carbonyl (C=O) groups is 1. The summed E-state index contributed by atoms with van der Waals surface area (Å²) in [5.74, 6) is 0.239. The second-order valence-corrected chi connectivity index (χ2v) is 6.79. The van der Waals surface area contributed by atoms with Crippen molar-refractivity contribution in [3.8, 4) is 0 Å². The number of aromatic nitrogens is 4. The van der Waals surface area contributed by atoms with Gasteiger partial charge in [0, 0.05) is 11.6 Å². The Bertz CT molecular complexity index is 897. The number of hydrogen-bond acceptors (Lipinski definition) is 7. The first kappa shape index (κ1) is 15.6. The molecule has 0 unspecified atom stereocenters. The number of urea groups is 1. The zero-order chi connectivity index (χ0) is 16.4. The summed E-state index contributed by atoms with van der Waals surface area (Å²) < 4.78 is 5.30. The number of rotatable bonds is 4. The lowest BCUT2D eigenvalue weighted by atomic mass is 10.1. The molecule has 2 amide bonds. The van der Waals surface area contributed by atoms with Crippen molar-refractivity contribution >= 4 is 39.5 Å². The maximum absolute atomic E-state index is 12.2. The Labute approximate surface area is 139 Å². The predicted molar refractivity (Wildman–Crippen MR) is 89.2 cm³/mol. The normalized spacial score (nSPS) is 11.1. The minimum atomic E-state index is -0.470. The van der Waals surface area contributed by atoms with Crippen molar-refractivity contribution in [3.05, 3.63) is 38.7 Å². The van der Waals surface area contributed by atoms with Crippen molar-refractivity contribution in [1.29, 1.82) is 0 Å². The molecule has 0 aliphatic heterocycles. The fourth-order valence-electron chi connectivity index (χ4n) is 2.01. The molecule has 120 valence electrons. The highest BCUT2D eigenvalue weighted by Crippen LogP contribution is 2.19. The van der Waals surface area contributed by atoms with E-state index in [2.05, 4.69) is 25.2 Å². The number of thiazole rings is 1. The van der Waals surface area contributed by atoms with Gasteiger partial charge < -0.3 is 10.6 Å². The van der Waals surface area contributed by atoms with Gasteiger partial charge in [-0.2, -0.15) is 0 Å². The highest BCUT2D eigenvalue weighted by Gasteiger charge is 2.13. The first-order chi connectivity index (χ1) is 11.1. The van der Waals surface area contributed by atoms with Gasteiger partial charge in [-0.1, -0.05) is 18.3 Å². The summed E-state index contributed by atoms with van der Waals surface area (Å²) in [6.45, 7) is 4.35. The Morgan fingerprint density at radius 2 is 2.26 bits per heavy atom. The number of nitrogens with zero attached hydrogens (tertiary/aromatic N) is 4. The van der Waals surface area contributed by atoms with Gasteiger partial charge >= 0.3 is 6.03 Å². The number of hydrogen-bond donors (Lipinski definition) is 2. The van der Waals surface area contributed by atoms with Crippen LogP contribution < -0.4 is 16.2 Å². The third-order valence-corrected chi connectivity index (χ3v) is 4.64. The lowest BCUT2D eigenvalue weighted by Gasteiger charge is -2.07. The third kappa shape index (κ3) is 3.22. The van der Waals surface area contributed by atoms with Gasteiger partial charge in [0.1, 0.15) is 5.69 Å². The van der Waals surface area contributed by atoms with Crippen LogP contribution in [0.1, 0.15) is 30.3 Å². The van der Waals surface area contributed by atoms with Gasteiger partial charge in [-0.3, -0.25) is 9.20 Å². The molecule has 0 saturated carbocycles. The van der Waals surface area contributed by atoms with Gasteiger partial charge in [0.2, 0.25) is 0 Å². The third-order valence-electron chi connectivity index (χ3n) is 3.13. The van der Waals surface area contributed by atoms with E-state index < -0.39 is 6.03 Å². The molecule has 10 heteroatoms. The van der Waals surface area contributed by atoms with Crippen LogP contribution in [0.15, 0.2) is 22.6 Å². The van der Waals surface area contributed by atoms with Crippen LogP contribution in [0, 0.1) is 0 Å². The van der Waals surface area contributed by atoms with Crippen LogP contribution >= 0.6 is 22.9 Å². The number of carbonyl (C=O) groups excluding carboxylic acids is 1. The monoisotopic (exact) mass is 350 g/mol. The van der Waals surface area contributed by atoms with Gasteiger partial charge in [0.25, 0.3) is 5.56 Å². The quantitative estimate of drug-likeness (QED) is 0.750. The highest BCUT2D eigenvalue weighted by molar-refractivity contribution is 7.15. The van der Waals surface area contributed by atoms with Crippen molar-refractivity contribution in [1.82, 2.24) is 24.3 Å². The second-order valence-electron chi connectivity index (χ2n) is 5.08. The van der Waals surface area contributed by atoms with Gasteiger partial charge in [-0.05, 0) is 17.5 Å². The Morgan fingerprint density at radius 1 is 1.43 bits per heavy atom. The molecule has 8 nitrogen and oxygen atoms in total. The molecular formula is C13H14N6O2S2. The predicted octanol–water partition coefficient (Wildman–Crippen LogP) is 2.05. The van der Waals surface area contributed by atoms with E-state index in [1.807, 2.05) is 13.8 Å². The van der Waals surface area contributed by atoms with E-state index in [-0.39, 0.29) is 17.2 Å². The molecule has 0 fully saturated rings. The van der Waals surface area contributed by atoms with E-state index in [4.69, 9.17) is 0 Å². The van der Waals surface area contributed by atoms with Gasteiger partial charge in [0.15, 0.2) is 4.96 Å². The van der Waals surface area contributed by atoms with E-state index in [0.29, 0.717) is 11.5 Å². The molecule has 0 bridgehead atoms. The Balaban J connectivity index is 1.68. The lowest BCUT2D eigenvalue weighted by Crippen LogP contribution is -2.31. The summed E-state index contributed by atoms with van der Waals surface area (Å²) in [5.41, 5.74) is 0.690. The number of nitrogens with one attached hydrogen (secondary N) is 2. The summed E-state index contributed by atoms with van der Waals surface area (Å²) in [6, 6.07) is -0.470. The largest absolute Gasteiger partial charge is 0.333 e. The standard InChI is InChI=1S/C13H14N6O2S2/c1-7(2)10-9(23-18-17-10)6-14-12(21)16-8-5-15-13-19(11(8)20)3-4-22-13/h3-5,7H,6H2,1-2H3,(H2,14,16,21). The summed E-state index contributed by atoms with van der Waals surface area (Å²) in [4.78, 5) is 29.8. The zero-order valence-electron chi connectivity index (χ0n) is 12.4. The molecule has 0 aliphatic carbocycles. The molecule has 0 radical (unpaired) electrons. The van der Waals surface area contributed by atoms with Crippen molar-refractivity contribution in [2.45, 2.75) is 26.3 Å². The van der Waals surface area contributed by atoms with Crippen LogP contribution in [0.4, 0.5) is 10.5 Å². The fourth-order valence-corrected chi connectivity index (χ4v) is 3.42. The Hall–Kier alpha value is -2.33. The summed E-state index contributed by atoms with van der Waals surface area (Å²) >= 11 is 2.60. The molecule has 2 N–H and O–H groups in total. The molecule has 0 saturated heterocycles. The number of anilines is 1. The van der Waals surface area contributed by atoms with Crippen molar-refractivity contribution < 1.29 is 4.79 Å². The molecule has 0 aliphatic rings. The Morgan fingerprint density at radius 3 is 3.04 bits per heavy atom. The maximum Gasteiger partial charge on any atom is 0.319 e. The number of fused-ring (bicyclic) bond motifs is 1. The van der Waals surface area contributed by atoms with Crippen LogP contribution in [-0.4, -0.2) is 25.0 Å². The molecule has 0 aromatic carbocycles. The lowest BCUT2D eigenvalue weighted by molar-refractivity contribution is 0.251. The van der Waals surface area contributed by atoms with Crippen molar-refractivity contribution in [2.75, 3.05) is 5.32 Å². The van der Waals surface area contributed by atoms with Crippen LogP contribution in [0.5, 0.6) is 0 Å². The van der Waals surface area contributed by atoms with Gasteiger partial charge in [-0.15, -0.1) is 16.4 Å². The van der Waals surface area contributed by atoms with E-state index in [1.165, 1.54) is 33.5 Å². The SMILES string of the molecule is CC(C)c1nnsc1CNC(=O)Nc1cnc2sccn2c1=O.